The summed E-state index contributed by atoms with van der Waals surface area (Å²) in [5, 5.41) is 0. The fraction of sp³-hybridized carbons (Fsp3) is 0.867. The van der Waals surface area contributed by atoms with E-state index in [-0.39, 0.29) is 0 Å². The van der Waals surface area contributed by atoms with Crippen molar-refractivity contribution in [3.63, 3.8) is 0 Å². The first-order chi connectivity index (χ1) is 7.91. The van der Waals surface area contributed by atoms with Crippen molar-refractivity contribution in [1.29, 1.82) is 0 Å². The molecule has 0 aromatic carbocycles. The first-order valence-corrected chi connectivity index (χ1v) is 6.99. The molecule has 2 rings (SSSR count). The van der Waals surface area contributed by atoms with Crippen LogP contribution in [0.4, 0.5) is 0 Å². The number of rotatable bonds is 3. The second-order valence-electron chi connectivity index (χ2n) is 6.98. The maximum absolute atomic E-state index is 3.87. The van der Waals surface area contributed by atoms with Gasteiger partial charge in [0.15, 0.2) is 0 Å². The van der Waals surface area contributed by atoms with Gasteiger partial charge in [-0.1, -0.05) is 19.4 Å². The van der Waals surface area contributed by atoms with Gasteiger partial charge in [0.25, 0.3) is 0 Å². The second-order valence-corrected chi connectivity index (χ2v) is 6.98. The van der Waals surface area contributed by atoms with Gasteiger partial charge in [0.2, 0.25) is 0 Å². The standard InChI is InChI=1S/C15H28N2/c1-6-8-16-9-13(7-2)15(10-16)11-17(12-15)14(3,4)5/h6,13H,1,7-12H2,2-5H3. The minimum atomic E-state index is 0.343. The molecule has 2 saturated heterocycles. The van der Waals surface area contributed by atoms with Crippen LogP contribution in [-0.4, -0.2) is 48.1 Å². The SMILES string of the molecule is C=CCN1CC(CC)C2(C1)CN(C(C)(C)C)C2. The molecule has 0 N–H and O–H groups in total. The lowest BCUT2D eigenvalue weighted by molar-refractivity contribution is -0.0749. The molecule has 2 heteroatoms. The summed E-state index contributed by atoms with van der Waals surface area (Å²) in [5.41, 5.74) is 0.931. The van der Waals surface area contributed by atoms with Gasteiger partial charge < -0.3 is 0 Å². The van der Waals surface area contributed by atoms with Gasteiger partial charge in [-0.15, -0.1) is 6.58 Å². The Morgan fingerprint density at radius 3 is 2.41 bits per heavy atom. The minimum absolute atomic E-state index is 0.343. The van der Waals surface area contributed by atoms with Gasteiger partial charge >= 0.3 is 0 Å². The van der Waals surface area contributed by atoms with Crippen LogP contribution in [0.5, 0.6) is 0 Å². The first-order valence-electron chi connectivity index (χ1n) is 6.99. The Morgan fingerprint density at radius 2 is 1.94 bits per heavy atom. The summed E-state index contributed by atoms with van der Waals surface area (Å²) in [5.74, 6) is 0.890. The lowest BCUT2D eigenvalue weighted by atomic mass is 9.69. The first kappa shape index (κ1) is 13.1. The van der Waals surface area contributed by atoms with Crippen LogP contribution >= 0.6 is 0 Å². The molecule has 17 heavy (non-hydrogen) atoms. The molecule has 2 heterocycles. The van der Waals surface area contributed by atoms with E-state index >= 15 is 0 Å². The third-order valence-corrected chi connectivity index (χ3v) is 4.72. The maximum Gasteiger partial charge on any atom is 0.0160 e. The van der Waals surface area contributed by atoms with Gasteiger partial charge in [0.1, 0.15) is 0 Å². The zero-order valence-electron chi connectivity index (χ0n) is 12.0. The van der Waals surface area contributed by atoms with Crippen molar-refractivity contribution in [2.75, 3.05) is 32.7 Å². The van der Waals surface area contributed by atoms with Crippen LogP contribution < -0.4 is 0 Å². The number of hydrogen-bond donors (Lipinski definition) is 0. The van der Waals surface area contributed by atoms with Gasteiger partial charge in [-0.25, -0.2) is 0 Å². The predicted octanol–water partition coefficient (Wildman–Crippen LogP) is 2.61. The lowest BCUT2D eigenvalue weighted by Crippen LogP contribution is -2.65. The summed E-state index contributed by atoms with van der Waals surface area (Å²) in [4.78, 5) is 5.22. The summed E-state index contributed by atoms with van der Waals surface area (Å²) < 4.78 is 0. The lowest BCUT2D eigenvalue weighted by Gasteiger charge is -2.56. The van der Waals surface area contributed by atoms with Gasteiger partial charge in [0.05, 0.1) is 0 Å². The van der Waals surface area contributed by atoms with E-state index in [0.717, 1.165) is 12.5 Å². The van der Waals surface area contributed by atoms with E-state index in [1.165, 1.54) is 32.6 Å². The highest BCUT2D eigenvalue weighted by Crippen LogP contribution is 2.47. The zero-order valence-corrected chi connectivity index (χ0v) is 12.0. The average Bonchev–Trinajstić information content (AvgIpc) is 2.53. The molecule has 2 fully saturated rings. The van der Waals surface area contributed by atoms with Gasteiger partial charge in [-0.05, 0) is 26.7 Å². The van der Waals surface area contributed by atoms with Crippen molar-refractivity contribution < 1.29 is 0 Å². The Labute approximate surface area is 107 Å². The largest absolute Gasteiger partial charge is 0.299 e. The molecular formula is C15H28N2. The topological polar surface area (TPSA) is 6.48 Å². The van der Waals surface area contributed by atoms with Crippen molar-refractivity contribution in [2.24, 2.45) is 11.3 Å². The molecule has 0 aromatic heterocycles. The Bertz CT molecular complexity index is 284. The van der Waals surface area contributed by atoms with Gasteiger partial charge in [-0.3, -0.25) is 9.80 Å². The molecule has 0 aromatic rings. The second kappa shape index (κ2) is 4.40. The van der Waals surface area contributed by atoms with E-state index < -0.39 is 0 Å². The summed E-state index contributed by atoms with van der Waals surface area (Å²) in [6.45, 7) is 19.4. The molecule has 0 aliphatic carbocycles. The van der Waals surface area contributed by atoms with Gasteiger partial charge in [-0.2, -0.15) is 0 Å². The highest BCUT2D eigenvalue weighted by atomic mass is 15.3. The molecule has 2 aliphatic heterocycles. The molecule has 2 aliphatic rings. The van der Waals surface area contributed by atoms with Crippen LogP contribution in [0.25, 0.3) is 0 Å². The third-order valence-electron chi connectivity index (χ3n) is 4.72. The fourth-order valence-corrected chi connectivity index (χ4v) is 3.57. The molecule has 0 bridgehead atoms. The quantitative estimate of drug-likeness (QED) is 0.695. The van der Waals surface area contributed by atoms with Crippen molar-refractivity contribution in [2.45, 2.75) is 39.7 Å². The smallest absolute Gasteiger partial charge is 0.0160 e. The fourth-order valence-electron chi connectivity index (χ4n) is 3.57. The molecule has 0 amide bonds. The number of nitrogens with zero attached hydrogens (tertiary/aromatic N) is 2. The Hall–Kier alpha value is -0.340. The normalized spacial score (nSPS) is 29.5. The van der Waals surface area contributed by atoms with E-state index in [1.54, 1.807) is 0 Å². The van der Waals surface area contributed by atoms with Crippen LogP contribution in [0.15, 0.2) is 12.7 Å². The summed E-state index contributed by atoms with van der Waals surface area (Å²) in [6, 6.07) is 0. The number of likely N-dealkylation sites (tertiary alicyclic amines) is 2. The Balaban J connectivity index is 2.00. The van der Waals surface area contributed by atoms with Crippen molar-refractivity contribution in [1.82, 2.24) is 9.80 Å². The molecule has 0 radical (unpaired) electrons. The summed E-state index contributed by atoms with van der Waals surface area (Å²) >= 11 is 0. The van der Waals surface area contributed by atoms with Crippen molar-refractivity contribution in [3.8, 4) is 0 Å². The van der Waals surface area contributed by atoms with Crippen LogP contribution in [0.3, 0.4) is 0 Å². The molecule has 2 nitrogen and oxygen atoms in total. The number of hydrogen-bond acceptors (Lipinski definition) is 2. The minimum Gasteiger partial charge on any atom is -0.299 e. The van der Waals surface area contributed by atoms with E-state index in [2.05, 4.69) is 44.1 Å². The maximum atomic E-state index is 3.87. The highest BCUT2D eigenvalue weighted by molar-refractivity contribution is 5.08. The monoisotopic (exact) mass is 236 g/mol. The Morgan fingerprint density at radius 1 is 1.29 bits per heavy atom. The van der Waals surface area contributed by atoms with E-state index in [1.807, 2.05) is 6.08 Å². The summed E-state index contributed by atoms with van der Waals surface area (Å²) in [7, 11) is 0. The van der Waals surface area contributed by atoms with Gasteiger partial charge in [0, 0.05) is 43.7 Å². The molecular weight excluding hydrogens is 208 g/mol. The molecule has 1 atom stereocenters. The van der Waals surface area contributed by atoms with Crippen LogP contribution in [0, 0.1) is 11.3 Å². The Kier molecular flexibility index (Phi) is 3.39. The van der Waals surface area contributed by atoms with Crippen molar-refractivity contribution >= 4 is 0 Å². The van der Waals surface area contributed by atoms with Crippen LogP contribution in [-0.2, 0) is 0 Å². The third kappa shape index (κ3) is 2.30. The summed E-state index contributed by atoms with van der Waals surface area (Å²) in [6.07, 6.45) is 3.37. The van der Waals surface area contributed by atoms with E-state index in [9.17, 15) is 0 Å². The molecule has 98 valence electrons. The van der Waals surface area contributed by atoms with Crippen LogP contribution in [0.2, 0.25) is 0 Å². The van der Waals surface area contributed by atoms with Crippen LogP contribution in [0.1, 0.15) is 34.1 Å². The molecule has 1 unspecified atom stereocenters. The van der Waals surface area contributed by atoms with Crippen molar-refractivity contribution in [3.05, 3.63) is 12.7 Å². The zero-order chi connectivity index (χ0) is 12.7. The molecule has 1 spiro atoms. The molecule has 0 saturated carbocycles. The highest BCUT2D eigenvalue weighted by Gasteiger charge is 2.54. The van der Waals surface area contributed by atoms with E-state index in [0.29, 0.717) is 11.0 Å². The predicted molar refractivity (Wildman–Crippen MR) is 74.2 cm³/mol. The average molecular weight is 236 g/mol. The van der Waals surface area contributed by atoms with E-state index in [4.69, 9.17) is 0 Å².